The first-order valence-corrected chi connectivity index (χ1v) is 6.68. The van der Waals surface area contributed by atoms with Crippen molar-refractivity contribution in [2.45, 2.75) is 6.92 Å². The minimum atomic E-state index is -0.219. The number of amides is 1. The van der Waals surface area contributed by atoms with E-state index in [1.54, 1.807) is 16.9 Å². The number of rotatable bonds is 5. The maximum Gasteiger partial charge on any atom is 0.254 e. The second-order valence-electron chi connectivity index (χ2n) is 4.62. The Morgan fingerprint density at radius 2 is 2.25 bits per heavy atom. The third-order valence-corrected chi connectivity index (χ3v) is 3.19. The molecule has 2 rings (SSSR count). The predicted molar refractivity (Wildman–Crippen MR) is 77.2 cm³/mol. The van der Waals surface area contributed by atoms with E-state index in [-0.39, 0.29) is 18.4 Å². The molecule has 0 saturated carbocycles. The summed E-state index contributed by atoms with van der Waals surface area (Å²) < 4.78 is 1.56. The maximum atomic E-state index is 11.9. The van der Waals surface area contributed by atoms with E-state index in [4.69, 9.17) is 16.7 Å². The van der Waals surface area contributed by atoms with Gasteiger partial charge in [0, 0.05) is 19.3 Å². The van der Waals surface area contributed by atoms with E-state index in [1.165, 1.54) is 6.20 Å². The molecule has 0 radical (unpaired) electrons. The van der Waals surface area contributed by atoms with Gasteiger partial charge in [0.1, 0.15) is 0 Å². The van der Waals surface area contributed by atoms with Crippen LogP contribution >= 0.6 is 11.6 Å². The number of carbonyl (C=O) groups is 1. The van der Waals surface area contributed by atoms with Gasteiger partial charge in [-0.1, -0.05) is 30.7 Å². The van der Waals surface area contributed by atoms with E-state index in [0.29, 0.717) is 17.1 Å². The van der Waals surface area contributed by atoms with Crippen LogP contribution in [0.3, 0.4) is 0 Å². The molecule has 1 aromatic heterocycles. The molecule has 6 heteroatoms. The fraction of sp³-hybridized carbons (Fsp3) is 0.286. The standard InChI is InChI=1S/C14H16ClN3O2/c1-10(9-19)6-16-14(20)11-7-17-18(8-11)13-5-3-2-4-12(13)15/h2-5,7-8,10,19H,6,9H2,1H3,(H,16,20). The minimum Gasteiger partial charge on any atom is -0.396 e. The van der Waals surface area contributed by atoms with Gasteiger partial charge in [-0.2, -0.15) is 5.10 Å². The van der Waals surface area contributed by atoms with Gasteiger partial charge in [0.15, 0.2) is 0 Å². The number of nitrogens with one attached hydrogen (secondary N) is 1. The third-order valence-electron chi connectivity index (χ3n) is 2.87. The third kappa shape index (κ3) is 3.37. The molecule has 1 atom stereocenters. The topological polar surface area (TPSA) is 67.2 Å². The summed E-state index contributed by atoms with van der Waals surface area (Å²) in [5.74, 6) is -0.193. The number of aliphatic hydroxyl groups is 1. The van der Waals surface area contributed by atoms with Gasteiger partial charge < -0.3 is 10.4 Å². The predicted octanol–water partition coefficient (Wildman–Crippen LogP) is 1.88. The lowest BCUT2D eigenvalue weighted by Gasteiger charge is -2.08. The van der Waals surface area contributed by atoms with Crippen molar-refractivity contribution in [2.24, 2.45) is 5.92 Å². The molecule has 0 saturated heterocycles. The van der Waals surface area contributed by atoms with Crippen molar-refractivity contribution in [3.63, 3.8) is 0 Å². The molecule has 5 nitrogen and oxygen atoms in total. The van der Waals surface area contributed by atoms with Crippen LogP contribution in [-0.4, -0.2) is 33.9 Å². The first-order chi connectivity index (χ1) is 9.61. The van der Waals surface area contributed by atoms with Crippen LogP contribution in [0.2, 0.25) is 5.02 Å². The van der Waals surface area contributed by atoms with Crippen LogP contribution in [0.4, 0.5) is 0 Å². The molecule has 0 fully saturated rings. The number of nitrogens with zero attached hydrogens (tertiary/aromatic N) is 2. The van der Waals surface area contributed by atoms with Gasteiger partial charge in [0.25, 0.3) is 5.91 Å². The molecule has 106 valence electrons. The van der Waals surface area contributed by atoms with Crippen molar-refractivity contribution in [2.75, 3.05) is 13.2 Å². The normalized spacial score (nSPS) is 12.2. The molecule has 1 amide bonds. The number of benzene rings is 1. The van der Waals surface area contributed by atoms with E-state index in [2.05, 4.69) is 10.4 Å². The first kappa shape index (κ1) is 14.6. The Hall–Kier alpha value is -1.85. The second-order valence-corrected chi connectivity index (χ2v) is 5.03. The van der Waals surface area contributed by atoms with Crippen LogP contribution in [0.25, 0.3) is 5.69 Å². The lowest BCUT2D eigenvalue weighted by atomic mass is 10.2. The highest BCUT2D eigenvalue weighted by molar-refractivity contribution is 6.32. The zero-order valence-corrected chi connectivity index (χ0v) is 11.8. The molecule has 1 aromatic carbocycles. The monoisotopic (exact) mass is 293 g/mol. The molecule has 1 unspecified atom stereocenters. The highest BCUT2D eigenvalue weighted by Crippen LogP contribution is 2.19. The van der Waals surface area contributed by atoms with E-state index in [1.807, 2.05) is 25.1 Å². The van der Waals surface area contributed by atoms with Crippen LogP contribution in [0.5, 0.6) is 0 Å². The Labute approximate surface area is 122 Å². The van der Waals surface area contributed by atoms with Gasteiger partial charge in [-0.05, 0) is 18.1 Å². The summed E-state index contributed by atoms with van der Waals surface area (Å²) in [7, 11) is 0. The van der Waals surface area contributed by atoms with Gasteiger partial charge in [-0.15, -0.1) is 0 Å². The van der Waals surface area contributed by atoms with Gasteiger partial charge >= 0.3 is 0 Å². The summed E-state index contributed by atoms with van der Waals surface area (Å²) in [5, 5.41) is 16.4. The molecule has 0 aliphatic carbocycles. The molecular weight excluding hydrogens is 278 g/mol. The highest BCUT2D eigenvalue weighted by Gasteiger charge is 2.11. The van der Waals surface area contributed by atoms with E-state index < -0.39 is 0 Å². The Morgan fingerprint density at radius 1 is 1.50 bits per heavy atom. The number of hydrogen-bond donors (Lipinski definition) is 2. The van der Waals surface area contributed by atoms with Crippen LogP contribution in [0, 0.1) is 5.92 Å². The molecule has 20 heavy (non-hydrogen) atoms. The molecule has 0 aliphatic heterocycles. The Balaban J connectivity index is 2.09. The zero-order chi connectivity index (χ0) is 14.5. The number of aliphatic hydroxyl groups excluding tert-OH is 1. The van der Waals surface area contributed by atoms with Crippen LogP contribution in [0.1, 0.15) is 17.3 Å². The lowest BCUT2D eigenvalue weighted by molar-refractivity contribution is 0.0942. The lowest BCUT2D eigenvalue weighted by Crippen LogP contribution is -2.29. The van der Waals surface area contributed by atoms with Crippen molar-refractivity contribution in [1.29, 1.82) is 0 Å². The van der Waals surface area contributed by atoms with E-state index in [0.717, 1.165) is 5.69 Å². The first-order valence-electron chi connectivity index (χ1n) is 6.30. The average Bonchev–Trinajstić information content (AvgIpc) is 2.94. The molecular formula is C14H16ClN3O2. The average molecular weight is 294 g/mol. The molecule has 2 N–H and O–H groups in total. The summed E-state index contributed by atoms with van der Waals surface area (Å²) in [6.07, 6.45) is 3.11. The SMILES string of the molecule is CC(CO)CNC(=O)c1cnn(-c2ccccc2Cl)c1. The Morgan fingerprint density at radius 3 is 2.95 bits per heavy atom. The highest BCUT2D eigenvalue weighted by atomic mass is 35.5. The summed E-state index contributed by atoms with van der Waals surface area (Å²) in [5.41, 5.74) is 1.17. The maximum absolute atomic E-state index is 11.9. The second kappa shape index (κ2) is 6.54. The van der Waals surface area contributed by atoms with Crippen LogP contribution < -0.4 is 5.32 Å². The Kier molecular flexibility index (Phi) is 4.76. The molecule has 0 aliphatic rings. The van der Waals surface area contributed by atoms with Gasteiger partial charge in [0.05, 0.1) is 22.5 Å². The van der Waals surface area contributed by atoms with E-state index in [9.17, 15) is 4.79 Å². The summed E-state index contributed by atoms with van der Waals surface area (Å²) in [6.45, 7) is 2.32. The van der Waals surface area contributed by atoms with Crippen molar-refractivity contribution >= 4 is 17.5 Å². The number of para-hydroxylation sites is 1. The molecule has 1 heterocycles. The minimum absolute atomic E-state index is 0.0255. The fourth-order valence-corrected chi connectivity index (χ4v) is 1.87. The molecule has 0 spiro atoms. The van der Waals surface area contributed by atoms with Crippen molar-refractivity contribution < 1.29 is 9.90 Å². The summed E-state index contributed by atoms with van der Waals surface area (Å²) in [6, 6.07) is 7.27. The van der Waals surface area contributed by atoms with Crippen LogP contribution in [0.15, 0.2) is 36.7 Å². The van der Waals surface area contributed by atoms with Crippen LogP contribution in [-0.2, 0) is 0 Å². The molecule has 2 aromatic rings. The Bertz CT molecular complexity index is 598. The van der Waals surface area contributed by atoms with E-state index >= 15 is 0 Å². The summed E-state index contributed by atoms with van der Waals surface area (Å²) in [4.78, 5) is 11.9. The molecule has 0 bridgehead atoms. The zero-order valence-electron chi connectivity index (χ0n) is 11.1. The van der Waals surface area contributed by atoms with Gasteiger partial charge in [-0.3, -0.25) is 4.79 Å². The quantitative estimate of drug-likeness (QED) is 0.884. The number of aromatic nitrogens is 2. The summed E-state index contributed by atoms with van der Waals surface area (Å²) >= 11 is 6.08. The van der Waals surface area contributed by atoms with Crippen molar-refractivity contribution in [1.82, 2.24) is 15.1 Å². The number of halogens is 1. The number of carbonyl (C=O) groups excluding carboxylic acids is 1. The van der Waals surface area contributed by atoms with Gasteiger partial charge in [-0.25, -0.2) is 4.68 Å². The fourth-order valence-electron chi connectivity index (χ4n) is 1.64. The van der Waals surface area contributed by atoms with Crippen molar-refractivity contribution in [3.8, 4) is 5.69 Å². The number of hydrogen-bond acceptors (Lipinski definition) is 3. The smallest absolute Gasteiger partial charge is 0.254 e. The largest absolute Gasteiger partial charge is 0.396 e. The van der Waals surface area contributed by atoms with Crippen molar-refractivity contribution in [3.05, 3.63) is 47.2 Å². The van der Waals surface area contributed by atoms with Gasteiger partial charge in [0.2, 0.25) is 0 Å².